The van der Waals surface area contributed by atoms with Crippen molar-refractivity contribution in [3.8, 4) is 0 Å². The number of carbonyl (C=O) groups excluding carboxylic acids is 1. The first-order chi connectivity index (χ1) is 16.3. The van der Waals surface area contributed by atoms with Crippen LogP contribution in [0.15, 0.2) is 23.8 Å². The monoisotopic (exact) mass is 488 g/mol. The summed E-state index contributed by atoms with van der Waals surface area (Å²) in [5.41, 5.74) is 1.95. The quantitative estimate of drug-likeness (QED) is 0.360. The predicted octanol–water partition coefficient (Wildman–Crippen LogP) is 5.04. The summed E-state index contributed by atoms with van der Waals surface area (Å²) in [5.74, 6) is 0.679. The summed E-state index contributed by atoms with van der Waals surface area (Å²) < 4.78 is 5.51. The molecule has 0 amide bonds. The van der Waals surface area contributed by atoms with E-state index in [9.17, 15) is 20.1 Å². The van der Waals surface area contributed by atoms with Crippen LogP contribution in [-0.2, 0) is 9.53 Å². The van der Waals surface area contributed by atoms with Crippen molar-refractivity contribution >= 4 is 5.97 Å². The van der Waals surface area contributed by atoms with Crippen LogP contribution < -0.4 is 0 Å². The molecule has 11 unspecified atom stereocenters. The Morgan fingerprint density at radius 2 is 1.89 bits per heavy atom. The molecule has 11 atom stereocenters. The van der Waals surface area contributed by atoms with Crippen LogP contribution in [0.4, 0.5) is 0 Å². The van der Waals surface area contributed by atoms with Gasteiger partial charge in [-0.1, -0.05) is 58.4 Å². The molecule has 4 aliphatic rings. The van der Waals surface area contributed by atoms with E-state index in [0.29, 0.717) is 31.1 Å². The van der Waals surface area contributed by atoms with Crippen LogP contribution in [0.3, 0.4) is 0 Å². The number of allylic oxidation sites excluding steroid dienone is 1. The van der Waals surface area contributed by atoms with E-state index in [1.165, 1.54) is 12.5 Å². The molecule has 198 valence electrons. The second kappa shape index (κ2) is 9.61. The summed E-state index contributed by atoms with van der Waals surface area (Å²) >= 11 is 0. The molecule has 0 aromatic heterocycles. The topological polar surface area (TPSA) is 87.0 Å². The van der Waals surface area contributed by atoms with E-state index >= 15 is 0 Å². The van der Waals surface area contributed by atoms with E-state index < -0.39 is 18.3 Å². The zero-order valence-corrected chi connectivity index (χ0v) is 22.7. The number of rotatable bonds is 6. The predicted molar refractivity (Wildman–Crippen MR) is 137 cm³/mol. The molecule has 0 bridgehead atoms. The minimum Gasteiger partial charge on any atom is -0.462 e. The van der Waals surface area contributed by atoms with Crippen molar-refractivity contribution in [3.05, 3.63) is 23.8 Å². The van der Waals surface area contributed by atoms with Gasteiger partial charge in [0.25, 0.3) is 0 Å². The lowest BCUT2D eigenvalue weighted by Gasteiger charge is -2.61. The molecule has 3 N–H and O–H groups in total. The van der Waals surface area contributed by atoms with Crippen molar-refractivity contribution in [2.75, 3.05) is 0 Å². The molecule has 3 saturated carbocycles. The number of esters is 1. The molecule has 0 spiro atoms. The summed E-state index contributed by atoms with van der Waals surface area (Å²) in [6, 6.07) is 0. The Balaban J connectivity index is 1.60. The molecule has 0 aliphatic heterocycles. The van der Waals surface area contributed by atoms with Crippen LogP contribution in [-0.4, -0.2) is 45.7 Å². The standard InChI is InChI=1S/C30H48O5/c1-16(2)17(3)8-9-18(4)27-24(33)14-22-26-23(32)13-20-12-21(35-19(5)31)10-11-29(20,6)28(26)25(34)15-30(22,27)7/h13,16,18,21-28,32-34H,3,8-12,14-15H2,1-2,4-7H3. The van der Waals surface area contributed by atoms with Gasteiger partial charge in [0.2, 0.25) is 0 Å². The fourth-order valence-electron chi connectivity index (χ4n) is 9.04. The van der Waals surface area contributed by atoms with Gasteiger partial charge in [-0.05, 0) is 84.9 Å². The van der Waals surface area contributed by atoms with E-state index in [1.54, 1.807) is 0 Å². The average molecular weight is 489 g/mol. The third-order valence-corrected chi connectivity index (χ3v) is 10.8. The van der Waals surface area contributed by atoms with Crippen LogP contribution in [0.1, 0.15) is 86.5 Å². The Kier molecular flexibility index (Phi) is 7.38. The maximum Gasteiger partial charge on any atom is 0.302 e. The fourth-order valence-corrected chi connectivity index (χ4v) is 9.04. The van der Waals surface area contributed by atoms with Gasteiger partial charge in [-0.3, -0.25) is 4.79 Å². The van der Waals surface area contributed by atoms with Crippen molar-refractivity contribution in [2.24, 2.45) is 46.3 Å². The number of fused-ring (bicyclic) bond motifs is 5. The molecule has 4 rings (SSSR count). The molecule has 0 heterocycles. The summed E-state index contributed by atoms with van der Waals surface area (Å²) in [6.07, 6.45) is 5.83. The molecule has 3 fully saturated rings. The molecule has 0 aromatic rings. The SMILES string of the molecule is C=C(CCC(C)C1C(O)CC2C3C(O)C=C4CC(OC(C)=O)CCC4(C)C3C(O)CC21C)C(C)C. The van der Waals surface area contributed by atoms with Gasteiger partial charge in [0.05, 0.1) is 18.3 Å². The highest BCUT2D eigenvalue weighted by atomic mass is 16.5. The minimum absolute atomic E-state index is 0.0455. The Labute approximate surface area is 212 Å². The van der Waals surface area contributed by atoms with Crippen molar-refractivity contribution in [2.45, 2.75) is 111 Å². The molecule has 0 saturated heterocycles. The van der Waals surface area contributed by atoms with E-state index in [4.69, 9.17) is 4.74 Å². The lowest BCUT2D eigenvalue weighted by Crippen LogP contribution is -2.60. The highest BCUT2D eigenvalue weighted by Gasteiger charge is 2.65. The zero-order valence-electron chi connectivity index (χ0n) is 22.7. The maximum absolute atomic E-state index is 11.7. The second-order valence-electron chi connectivity index (χ2n) is 13.2. The number of carbonyl (C=O) groups is 1. The van der Waals surface area contributed by atoms with Crippen LogP contribution >= 0.6 is 0 Å². The number of aliphatic hydroxyl groups is 3. The van der Waals surface area contributed by atoms with Gasteiger partial charge in [0, 0.05) is 13.3 Å². The third-order valence-electron chi connectivity index (χ3n) is 10.8. The van der Waals surface area contributed by atoms with Gasteiger partial charge >= 0.3 is 5.97 Å². The van der Waals surface area contributed by atoms with E-state index in [-0.39, 0.29) is 46.6 Å². The van der Waals surface area contributed by atoms with Crippen LogP contribution in [0, 0.1) is 46.3 Å². The molecule has 0 radical (unpaired) electrons. The molecule has 0 aromatic carbocycles. The Morgan fingerprint density at radius 1 is 1.20 bits per heavy atom. The highest BCUT2D eigenvalue weighted by Crippen LogP contribution is 2.67. The van der Waals surface area contributed by atoms with Crippen molar-refractivity contribution < 1.29 is 24.9 Å². The van der Waals surface area contributed by atoms with Crippen molar-refractivity contribution in [3.63, 3.8) is 0 Å². The zero-order chi connectivity index (χ0) is 25.9. The van der Waals surface area contributed by atoms with Gasteiger partial charge < -0.3 is 20.1 Å². The normalized spacial score (nSPS) is 45.7. The van der Waals surface area contributed by atoms with Gasteiger partial charge in [-0.2, -0.15) is 0 Å². The lowest BCUT2D eigenvalue weighted by atomic mass is 9.45. The summed E-state index contributed by atoms with van der Waals surface area (Å²) in [6.45, 7) is 16.8. The number of hydrogen-bond donors (Lipinski definition) is 3. The Morgan fingerprint density at radius 3 is 2.51 bits per heavy atom. The van der Waals surface area contributed by atoms with Gasteiger partial charge in [0.15, 0.2) is 0 Å². The first-order valence-corrected chi connectivity index (χ1v) is 13.9. The first kappa shape index (κ1) is 26.9. The average Bonchev–Trinajstić information content (AvgIpc) is 3.01. The second-order valence-corrected chi connectivity index (χ2v) is 13.2. The van der Waals surface area contributed by atoms with E-state index in [0.717, 1.165) is 31.3 Å². The first-order valence-electron chi connectivity index (χ1n) is 13.9. The van der Waals surface area contributed by atoms with Crippen LogP contribution in [0.5, 0.6) is 0 Å². The van der Waals surface area contributed by atoms with Crippen LogP contribution in [0.25, 0.3) is 0 Å². The summed E-state index contributed by atoms with van der Waals surface area (Å²) in [4.78, 5) is 11.5. The number of hydrogen-bond acceptors (Lipinski definition) is 5. The van der Waals surface area contributed by atoms with Gasteiger partial charge in [-0.15, -0.1) is 0 Å². The number of aliphatic hydroxyl groups excluding tert-OH is 3. The fraction of sp³-hybridized carbons (Fsp3) is 0.833. The van der Waals surface area contributed by atoms with Gasteiger partial charge in [0.1, 0.15) is 6.10 Å². The summed E-state index contributed by atoms with van der Waals surface area (Å²) in [5, 5.41) is 34.5. The van der Waals surface area contributed by atoms with Crippen molar-refractivity contribution in [1.82, 2.24) is 0 Å². The molecular weight excluding hydrogens is 440 g/mol. The third kappa shape index (κ3) is 4.55. The largest absolute Gasteiger partial charge is 0.462 e. The minimum atomic E-state index is -0.652. The molecule has 5 nitrogen and oxygen atoms in total. The number of ether oxygens (including phenoxy) is 1. The molecular formula is C30H48O5. The van der Waals surface area contributed by atoms with Crippen molar-refractivity contribution in [1.29, 1.82) is 0 Å². The Bertz CT molecular complexity index is 863. The Hall–Kier alpha value is -1.17. The van der Waals surface area contributed by atoms with Gasteiger partial charge in [-0.25, -0.2) is 0 Å². The van der Waals surface area contributed by atoms with Crippen LogP contribution in [0.2, 0.25) is 0 Å². The molecule has 5 heteroatoms. The highest BCUT2D eigenvalue weighted by molar-refractivity contribution is 5.66. The lowest BCUT2D eigenvalue weighted by molar-refractivity contribution is -0.162. The smallest absolute Gasteiger partial charge is 0.302 e. The van der Waals surface area contributed by atoms with E-state index in [2.05, 4.69) is 41.2 Å². The molecule has 4 aliphatic carbocycles. The molecule has 35 heavy (non-hydrogen) atoms. The van der Waals surface area contributed by atoms with E-state index in [1.807, 2.05) is 6.08 Å². The maximum atomic E-state index is 11.7. The summed E-state index contributed by atoms with van der Waals surface area (Å²) in [7, 11) is 0.